The Labute approximate surface area is 149 Å². The fourth-order valence-electron chi connectivity index (χ4n) is 3.54. The molecule has 136 valence electrons. The number of amides is 4. The Hall–Kier alpha value is -3.00. The second kappa shape index (κ2) is 5.77. The number of imide groups is 1. The third-order valence-electron chi connectivity index (χ3n) is 4.58. The molecule has 4 amide bonds. The highest BCUT2D eigenvalue weighted by molar-refractivity contribution is 6.29. The number of carbonyl (C=O) groups is 4. The summed E-state index contributed by atoms with van der Waals surface area (Å²) in [4.78, 5) is 50.4. The van der Waals surface area contributed by atoms with Gasteiger partial charge in [0.1, 0.15) is 0 Å². The molecule has 1 aliphatic carbocycles. The number of ketones is 1. The van der Waals surface area contributed by atoms with Gasteiger partial charge in [0, 0.05) is 17.8 Å². The second-order valence-corrected chi connectivity index (χ2v) is 7.27. The van der Waals surface area contributed by atoms with Gasteiger partial charge in [-0.05, 0) is 24.0 Å². The summed E-state index contributed by atoms with van der Waals surface area (Å²) >= 11 is 0. The maximum absolute atomic E-state index is 13.0. The van der Waals surface area contributed by atoms with E-state index in [0.717, 1.165) is 0 Å². The van der Waals surface area contributed by atoms with Gasteiger partial charge in [0.25, 0.3) is 17.4 Å². The number of nitrogens with two attached hydrogens (primary N) is 1. The molecule has 3 rings (SSSR count). The number of allylic oxidation sites excluding steroid dienone is 1. The zero-order valence-electron chi connectivity index (χ0n) is 14.4. The topological polar surface area (TPSA) is 130 Å². The summed E-state index contributed by atoms with van der Waals surface area (Å²) in [6.45, 7) is 3.73. The fourth-order valence-corrected chi connectivity index (χ4v) is 3.54. The summed E-state index contributed by atoms with van der Waals surface area (Å²) in [7, 11) is 0. The molecule has 2 aliphatic rings. The monoisotopic (exact) mass is 357 g/mol. The highest BCUT2D eigenvalue weighted by Crippen LogP contribution is 2.47. The summed E-state index contributed by atoms with van der Waals surface area (Å²) in [6.07, 6.45) is 0.370. The third kappa shape index (κ3) is 2.59. The van der Waals surface area contributed by atoms with Crippen molar-refractivity contribution in [3.63, 3.8) is 0 Å². The van der Waals surface area contributed by atoms with Crippen molar-refractivity contribution in [1.29, 1.82) is 0 Å². The second-order valence-electron chi connectivity index (χ2n) is 7.27. The van der Waals surface area contributed by atoms with Crippen molar-refractivity contribution in [3.05, 3.63) is 41.6 Å². The van der Waals surface area contributed by atoms with Crippen LogP contribution in [0.4, 0.5) is 10.5 Å². The van der Waals surface area contributed by atoms with Gasteiger partial charge >= 0.3 is 6.03 Å². The minimum Gasteiger partial charge on any atom is -0.368 e. The summed E-state index contributed by atoms with van der Waals surface area (Å²) < 4.78 is 0. The zero-order chi connectivity index (χ0) is 19.3. The lowest BCUT2D eigenvalue weighted by molar-refractivity contribution is -0.147. The number of para-hydroxylation sites is 1. The molecule has 4 N–H and O–H groups in total. The molecule has 0 saturated carbocycles. The molecular weight excluding hydrogens is 338 g/mol. The molecule has 1 atom stereocenters. The number of benzene rings is 1. The first-order valence-corrected chi connectivity index (χ1v) is 8.07. The molecule has 0 fully saturated rings. The van der Waals surface area contributed by atoms with E-state index in [1.807, 2.05) is 13.8 Å². The van der Waals surface area contributed by atoms with Gasteiger partial charge in [0.2, 0.25) is 0 Å². The van der Waals surface area contributed by atoms with Crippen molar-refractivity contribution in [2.24, 2.45) is 11.1 Å². The van der Waals surface area contributed by atoms with Gasteiger partial charge in [-0.15, -0.1) is 0 Å². The van der Waals surface area contributed by atoms with E-state index < -0.39 is 34.6 Å². The number of anilines is 1. The van der Waals surface area contributed by atoms with Gasteiger partial charge in [-0.2, -0.15) is 0 Å². The minimum atomic E-state index is -2.78. The van der Waals surface area contributed by atoms with Crippen LogP contribution in [0.15, 0.2) is 41.6 Å². The number of nitrogens with zero attached hydrogens (tertiary/aromatic N) is 1. The van der Waals surface area contributed by atoms with Gasteiger partial charge in [-0.3, -0.25) is 24.6 Å². The lowest BCUT2D eigenvalue weighted by Gasteiger charge is -2.32. The maximum atomic E-state index is 13.0. The SMILES string of the molecule is CC1(C)CC(=O)C2=C(C1)N(c1ccccc1)C(=O)C2(O)C(=O)NC(N)=O. The number of nitrogens with one attached hydrogen (secondary N) is 1. The maximum Gasteiger partial charge on any atom is 0.318 e. The van der Waals surface area contributed by atoms with Crippen LogP contribution in [0.1, 0.15) is 26.7 Å². The highest BCUT2D eigenvalue weighted by atomic mass is 16.3. The van der Waals surface area contributed by atoms with E-state index >= 15 is 0 Å². The third-order valence-corrected chi connectivity index (χ3v) is 4.58. The number of Topliss-reactive ketones (excluding diaryl/α,β-unsaturated/α-hetero) is 1. The van der Waals surface area contributed by atoms with Crippen LogP contribution < -0.4 is 16.0 Å². The van der Waals surface area contributed by atoms with E-state index in [9.17, 15) is 24.3 Å². The number of rotatable bonds is 2. The first-order chi connectivity index (χ1) is 12.1. The number of primary amides is 1. The Kier molecular flexibility index (Phi) is 3.95. The van der Waals surface area contributed by atoms with Crippen molar-refractivity contribution in [2.75, 3.05) is 4.90 Å². The lowest BCUT2D eigenvalue weighted by Crippen LogP contribution is -2.57. The van der Waals surface area contributed by atoms with E-state index in [1.165, 1.54) is 4.90 Å². The molecule has 0 bridgehead atoms. The first-order valence-electron chi connectivity index (χ1n) is 8.07. The van der Waals surface area contributed by atoms with Gasteiger partial charge in [0.05, 0.1) is 5.57 Å². The number of hydrogen-bond acceptors (Lipinski definition) is 5. The zero-order valence-corrected chi connectivity index (χ0v) is 14.4. The predicted molar refractivity (Wildman–Crippen MR) is 91.7 cm³/mol. The Morgan fingerprint density at radius 2 is 1.77 bits per heavy atom. The standard InChI is InChI=1S/C18H19N3O5/c1-17(2)8-11-13(12(22)9-17)18(26,14(23)20-16(19)25)15(24)21(11)10-6-4-3-5-7-10/h3-7,26H,8-9H2,1-2H3,(H3,19,20,23,25). The van der Waals surface area contributed by atoms with Crippen LogP contribution in [0.25, 0.3) is 0 Å². The molecule has 8 heteroatoms. The number of hydrogen-bond donors (Lipinski definition) is 3. The number of aliphatic hydroxyl groups is 1. The molecule has 0 aromatic heterocycles. The molecule has 1 aromatic carbocycles. The molecule has 1 unspecified atom stereocenters. The van der Waals surface area contributed by atoms with Gasteiger partial charge in [0.15, 0.2) is 5.78 Å². The Morgan fingerprint density at radius 1 is 1.15 bits per heavy atom. The van der Waals surface area contributed by atoms with Crippen LogP contribution in [0.2, 0.25) is 0 Å². The molecular formula is C18H19N3O5. The molecule has 1 aliphatic heterocycles. The summed E-state index contributed by atoms with van der Waals surface area (Å²) in [5.41, 5.74) is 2.11. The van der Waals surface area contributed by atoms with E-state index in [4.69, 9.17) is 5.73 Å². The number of urea groups is 1. The van der Waals surface area contributed by atoms with Crippen molar-refractivity contribution >= 4 is 29.3 Å². The molecule has 1 heterocycles. The largest absolute Gasteiger partial charge is 0.368 e. The van der Waals surface area contributed by atoms with Crippen LogP contribution in [0.3, 0.4) is 0 Å². The predicted octanol–water partition coefficient (Wildman–Crippen LogP) is 0.602. The quantitative estimate of drug-likeness (QED) is 0.668. The van der Waals surface area contributed by atoms with Crippen LogP contribution in [0, 0.1) is 5.41 Å². The summed E-state index contributed by atoms with van der Waals surface area (Å²) in [6, 6.07) is 7.18. The van der Waals surface area contributed by atoms with Crippen LogP contribution >= 0.6 is 0 Å². The van der Waals surface area contributed by atoms with Crippen molar-refractivity contribution < 1.29 is 24.3 Å². The lowest BCUT2D eigenvalue weighted by atomic mass is 9.73. The molecule has 0 saturated heterocycles. The van der Waals surface area contributed by atoms with Crippen LogP contribution in [-0.2, 0) is 14.4 Å². The Bertz CT molecular complexity index is 859. The van der Waals surface area contributed by atoms with Crippen molar-refractivity contribution in [1.82, 2.24) is 5.32 Å². The summed E-state index contributed by atoms with van der Waals surface area (Å²) in [5, 5.41) is 12.7. The smallest absolute Gasteiger partial charge is 0.318 e. The Morgan fingerprint density at radius 3 is 2.35 bits per heavy atom. The average Bonchev–Trinajstić information content (AvgIpc) is 2.75. The summed E-state index contributed by atoms with van der Waals surface area (Å²) in [5.74, 6) is -2.84. The molecule has 8 nitrogen and oxygen atoms in total. The minimum absolute atomic E-state index is 0.0634. The fraction of sp³-hybridized carbons (Fsp3) is 0.333. The van der Waals surface area contributed by atoms with Crippen molar-refractivity contribution in [3.8, 4) is 0 Å². The van der Waals surface area contributed by atoms with E-state index in [-0.39, 0.29) is 17.7 Å². The van der Waals surface area contributed by atoms with E-state index in [1.54, 1.807) is 35.6 Å². The molecule has 0 spiro atoms. The highest BCUT2D eigenvalue weighted by Gasteiger charge is 2.61. The van der Waals surface area contributed by atoms with Gasteiger partial charge in [-0.25, -0.2) is 4.79 Å². The molecule has 26 heavy (non-hydrogen) atoms. The Balaban J connectivity index is 2.21. The van der Waals surface area contributed by atoms with E-state index in [2.05, 4.69) is 0 Å². The number of carbonyl (C=O) groups excluding carboxylic acids is 4. The average molecular weight is 357 g/mol. The van der Waals surface area contributed by atoms with Crippen molar-refractivity contribution in [2.45, 2.75) is 32.3 Å². The van der Waals surface area contributed by atoms with Crippen LogP contribution in [0.5, 0.6) is 0 Å². The van der Waals surface area contributed by atoms with E-state index in [0.29, 0.717) is 12.1 Å². The molecule has 0 radical (unpaired) electrons. The van der Waals surface area contributed by atoms with Gasteiger partial charge < -0.3 is 10.8 Å². The normalized spacial score (nSPS) is 24.5. The first kappa shape index (κ1) is 17.8. The van der Waals surface area contributed by atoms with Crippen LogP contribution in [-0.4, -0.2) is 34.3 Å². The molecule has 1 aromatic rings. The van der Waals surface area contributed by atoms with Gasteiger partial charge in [-0.1, -0.05) is 32.0 Å².